The van der Waals surface area contributed by atoms with E-state index < -0.39 is 0 Å². The van der Waals surface area contributed by atoms with Crippen molar-refractivity contribution in [1.82, 2.24) is 4.90 Å². The Labute approximate surface area is 86.8 Å². The third-order valence-corrected chi connectivity index (χ3v) is 2.67. The van der Waals surface area contributed by atoms with Gasteiger partial charge in [0.2, 0.25) is 0 Å². The molecule has 0 radical (unpaired) electrons. The zero-order chi connectivity index (χ0) is 11.0. The second kappa shape index (κ2) is 7.62. The molecule has 0 aromatic rings. The molecule has 0 aliphatic heterocycles. The molecule has 84 valence electrons. The lowest BCUT2D eigenvalue weighted by Crippen LogP contribution is -2.29. The lowest BCUT2D eigenvalue weighted by atomic mass is 10.2. The van der Waals surface area contributed by atoms with E-state index >= 15 is 0 Å². The first-order valence-electron chi connectivity index (χ1n) is 5.28. The number of unbranched alkanes of at least 4 members (excludes halogenated alkanes) is 1. The fourth-order valence-corrected chi connectivity index (χ4v) is 1.25. The van der Waals surface area contributed by atoms with E-state index in [1.807, 2.05) is 0 Å². The molecule has 0 fully saturated rings. The van der Waals surface area contributed by atoms with Crippen LogP contribution in [0.2, 0.25) is 0 Å². The predicted molar refractivity (Wildman–Crippen MR) is 59.6 cm³/mol. The number of nitrogens with zero attached hydrogens (tertiary/aromatic N) is 2. The summed E-state index contributed by atoms with van der Waals surface area (Å²) < 4.78 is 0. The highest BCUT2D eigenvalue weighted by Crippen LogP contribution is 2.03. The van der Waals surface area contributed by atoms with Crippen molar-refractivity contribution < 1.29 is 5.21 Å². The molecule has 0 aromatic heterocycles. The fourth-order valence-electron chi connectivity index (χ4n) is 1.25. The Morgan fingerprint density at radius 3 is 2.64 bits per heavy atom. The molecular weight excluding hydrogens is 178 g/mol. The van der Waals surface area contributed by atoms with Crippen molar-refractivity contribution in [2.24, 2.45) is 10.9 Å². The normalized spacial score (nSPS) is 14.7. The summed E-state index contributed by atoms with van der Waals surface area (Å²) in [6.45, 7) is 5.49. The summed E-state index contributed by atoms with van der Waals surface area (Å²) in [6, 6.07) is 0.638. The van der Waals surface area contributed by atoms with Gasteiger partial charge < -0.3 is 15.8 Å². The quantitative estimate of drug-likeness (QED) is 0.216. The molecule has 0 aromatic carbocycles. The van der Waals surface area contributed by atoms with Crippen LogP contribution >= 0.6 is 0 Å². The highest BCUT2D eigenvalue weighted by molar-refractivity contribution is 5.79. The summed E-state index contributed by atoms with van der Waals surface area (Å²) in [4.78, 5) is 2.34. The molecule has 3 N–H and O–H groups in total. The summed E-state index contributed by atoms with van der Waals surface area (Å²) in [6.07, 6.45) is 3.94. The van der Waals surface area contributed by atoms with Crippen LogP contribution in [0.5, 0.6) is 0 Å². The lowest BCUT2D eigenvalue weighted by molar-refractivity contribution is 0.247. The van der Waals surface area contributed by atoms with Crippen LogP contribution in [0.25, 0.3) is 0 Å². The van der Waals surface area contributed by atoms with Crippen LogP contribution in [0.15, 0.2) is 5.16 Å². The van der Waals surface area contributed by atoms with Gasteiger partial charge >= 0.3 is 0 Å². The zero-order valence-electron chi connectivity index (χ0n) is 9.53. The minimum absolute atomic E-state index is 0.330. The lowest BCUT2D eigenvalue weighted by Gasteiger charge is -2.23. The topological polar surface area (TPSA) is 61.8 Å². The van der Waals surface area contributed by atoms with Gasteiger partial charge in [0, 0.05) is 12.5 Å². The Balaban J connectivity index is 3.45. The van der Waals surface area contributed by atoms with Gasteiger partial charge in [-0.05, 0) is 39.8 Å². The Hall–Kier alpha value is -0.770. The van der Waals surface area contributed by atoms with Gasteiger partial charge in [-0.15, -0.1) is 0 Å². The van der Waals surface area contributed by atoms with Gasteiger partial charge in [0.25, 0.3) is 0 Å². The van der Waals surface area contributed by atoms with Gasteiger partial charge in [0.05, 0.1) is 0 Å². The van der Waals surface area contributed by atoms with E-state index in [9.17, 15) is 0 Å². The molecule has 0 amide bonds. The van der Waals surface area contributed by atoms with Crippen molar-refractivity contribution in [3.05, 3.63) is 0 Å². The van der Waals surface area contributed by atoms with Crippen molar-refractivity contribution in [2.45, 2.75) is 45.6 Å². The van der Waals surface area contributed by atoms with E-state index in [4.69, 9.17) is 10.9 Å². The van der Waals surface area contributed by atoms with Crippen LogP contribution in [0, 0.1) is 0 Å². The molecule has 0 aliphatic carbocycles. The summed E-state index contributed by atoms with van der Waals surface area (Å²) in [5, 5.41) is 11.3. The number of amidine groups is 1. The first-order chi connectivity index (χ1) is 6.61. The monoisotopic (exact) mass is 201 g/mol. The molecular formula is C10H23N3O. The summed E-state index contributed by atoms with van der Waals surface area (Å²) in [5.74, 6) is 0.330. The zero-order valence-corrected chi connectivity index (χ0v) is 9.53. The maximum atomic E-state index is 8.32. The molecule has 1 atom stereocenters. The largest absolute Gasteiger partial charge is 0.409 e. The maximum Gasteiger partial charge on any atom is 0.139 e. The number of rotatable bonds is 7. The van der Waals surface area contributed by atoms with Crippen LogP contribution in [0.4, 0.5) is 0 Å². The first kappa shape index (κ1) is 13.2. The predicted octanol–water partition coefficient (Wildman–Crippen LogP) is 1.63. The van der Waals surface area contributed by atoms with Gasteiger partial charge in [-0.25, -0.2) is 0 Å². The first-order valence-corrected chi connectivity index (χ1v) is 5.28. The number of nitrogens with two attached hydrogens (primary N) is 1. The van der Waals surface area contributed by atoms with Crippen molar-refractivity contribution in [3.8, 4) is 0 Å². The minimum atomic E-state index is 0.330. The van der Waals surface area contributed by atoms with Crippen molar-refractivity contribution in [2.75, 3.05) is 13.6 Å². The van der Waals surface area contributed by atoms with Crippen molar-refractivity contribution in [3.63, 3.8) is 0 Å². The molecule has 1 unspecified atom stereocenters. The summed E-state index contributed by atoms with van der Waals surface area (Å²) in [5.41, 5.74) is 5.36. The molecule has 0 saturated carbocycles. The van der Waals surface area contributed by atoms with E-state index in [1.165, 1.54) is 6.42 Å². The maximum absolute atomic E-state index is 8.32. The second-order valence-electron chi connectivity index (χ2n) is 3.79. The van der Waals surface area contributed by atoms with Crippen LogP contribution in [0.3, 0.4) is 0 Å². The molecule has 4 heteroatoms. The van der Waals surface area contributed by atoms with Crippen LogP contribution in [-0.4, -0.2) is 35.6 Å². The van der Waals surface area contributed by atoms with E-state index in [1.54, 1.807) is 0 Å². The van der Waals surface area contributed by atoms with E-state index in [2.05, 4.69) is 31.0 Å². The highest BCUT2D eigenvalue weighted by Gasteiger charge is 2.05. The number of oxime groups is 1. The van der Waals surface area contributed by atoms with Crippen LogP contribution in [0.1, 0.15) is 39.5 Å². The highest BCUT2D eigenvalue weighted by atomic mass is 16.4. The van der Waals surface area contributed by atoms with Gasteiger partial charge in [-0.1, -0.05) is 12.1 Å². The van der Waals surface area contributed by atoms with Gasteiger partial charge in [-0.3, -0.25) is 0 Å². The minimum Gasteiger partial charge on any atom is -0.409 e. The standard InChI is InChI=1S/C10H23N3O/c1-4-9(2)13(3)8-6-5-7-10(11)12-14/h9,14H,4-8H2,1-3H3,(H2,11,12). The van der Waals surface area contributed by atoms with Crippen molar-refractivity contribution in [1.29, 1.82) is 0 Å². The molecule has 0 saturated heterocycles. The fraction of sp³-hybridized carbons (Fsp3) is 0.900. The number of hydrogen-bond donors (Lipinski definition) is 2. The molecule has 0 rings (SSSR count). The van der Waals surface area contributed by atoms with E-state index in [-0.39, 0.29) is 0 Å². The number of hydrogen-bond acceptors (Lipinski definition) is 3. The van der Waals surface area contributed by atoms with Gasteiger partial charge in [0.1, 0.15) is 5.84 Å². The average Bonchev–Trinajstić information content (AvgIpc) is 2.22. The Morgan fingerprint density at radius 2 is 2.14 bits per heavy atom. The molecule has 0 heterocycles. The molecule has 0 aliphatic rings. The van der Waals surface area contributed by atoms with Crippen LogP contribution < -0.4 is 5.73 Å². The third-order valence-electron chi connectivity index (χ3n) is 2.67. The van der Waals surface area contributed by atoms with Crippen LogP contribution in [-0.2, 0) is 0 Å². The Bertz CT molecular complexity index is 171. The summed E-state index contributed by atoms with van der Waals surface area (Å²) in [7, 11) is 2.14. The third kappa shape index (κ3) is 5.80. The Kier molecular flexibility index (Phi) is 7.20. The molecule has 14 heavy (non-hydrogen) atoms. The van der Waals surface area contributed by atoms with E-state index in [0.717, 1.165) is 19.4 Å². The van der Waals surface area contributed by atoms with Gasteiger partial charge in [0.15, 0.2) is 0 Å². The molecule has 0 bridgehead atoms. The smallest absolute Gasteiger partial charge is 0.139 e. The van der Waals surface area contributed by atoms with Crippen molar-refractivity contribution >= 4 is 5.84 Å². The average molecular weight is 201 g/mol. The van der Waals surface area contributed by atoms with E-state index in [0.29, 0.717) is 18.3 Å². The van der Waals surface area contributed by atoms with Gasteiger partial charge in [-0.2, -0.15) is 0 Å². The molecule has 0 spiro atoms. The second-order valence-corrected chi connectivity index (χ2v) is 3.79. The SMILES string of the molecule is CCC(C)N(C)CCCCC(N)=NO. The summed E-state index contributed by atoms with van der Waals surface area (Å²) >= 11 is 0. The Morgan fingerprint density at radius 1 is 1.50 bits per heavy atom. The molecule has 4 nitrogen and oxygen atoms in total.